The van der Waals surface area contributed by atoms with Gasteiger partial charge in [-0.15, -0.1) is 10.2 Å². The van der Waals surface area contributed by atoms with Gasteiger partial charge in [-0.25, -0.2) is 0 Å². The molecule has 0 unspecified atom stereocenters. The van der Waals surface area contributed by atoms with Crippen molar-refractivity contribution >= 4 is 11.6 Å². The van der Waals surface area contributed by atoms with E-state index in [0.717, 1.165) is 30.9 Å². The highest BCUT2D eigenvalue weighted by Gasteiger charge is 2.13. The fourth-order valence-electron chi connectivity index (χ4n) is 3.44. The van der Waals surface area contributed by atoms with E-state index in [1.807, 2.05) is 42.5 Å². The molecule has 1 saturated heterocycles. The molecule has 6 nitrogen and oxygen atoms in total. The average molecular weight is 376 g/mol. The van der Waals surface area contributed by atoms with Crippen molar-refractivity contribution in [3.8, 4) is 11.5 Å². The van der Waals surface area contributed by atoms with Gasteiger partial charge >= 0.3 is 0 Å². The molecule has 0 saturated carbocycles. The molecule has 0 spiro atoms. The quantitative estimate of drug-likeness (QED) is 0.677. The lowest BCUT2D eigenvalue weighted by Crippen LogP contribution is -2.18. The van der Waals surface area contributed by atoms with E-state index in [-0.39, 0.29) is 5.91 Å². The van der Waals surface area contributed by atoms with E-state index in [2.05, 4.69) is 32.5 Å². The first-order valence-electron chi connectivity index (χ1n) is 9.75. The number of aromatic nitrogens is 2. The second kappa shape index (κ2) is 8.80. The zero-order chi connectivity index (χ0) is 19.2. The lowest BCUT2D eigenvalue weighted by atomic mass is 10.2. The van der Waals surface area contributed by atoms with E-state index in [4.69, 9.17) is 4.42 Å². The van der Waals surface area contributed by atoms with Crippen LogP contribution in [0.1, 0.15) is 30.7 Å². The minimum Gasteiger partial charge on any atom is -0.421 e. The van der Waals surface area contributed by atoms with E-state index in [1.54, 1.807) is 0 Å². The molecule has 1 fully saturated rings. The highest BCUT2D eigenvalue weighted by atomic mass is 16.4. The minimum atomic E-state index is -0.0576. The maximum absolute atomic E-state index is 12.3. The fourth-order valence-corrected chi connectivity index (χ4v) is 3.44. The van der Waals surface area contributed by atoms with Crippen molar-refractivity contribution in [1.29, 1.82) is 0 Å². The number of benzene rings is 2. The summed E-state index contributed by atoms with van der Waals surface area (Å²) in [5, 5.41) is 11.1. The molecule has 3 aromatic rings. The lowest BCUT2D eigenvalue weighted by molar-refractivity contribution is -0.116. The summed E-state index contributed by atoms with van der Waals surface area (Å²) in [6.07, 6.45) is 3.27. The van der Waals surface area contributed by atoms with E-state index in [9.17, 15) is 4.79 Å². The van der Waals surface area contributed by atoms with E-state index < -0.39 is 0 Å². The van der Waals surface area contributed by atoms with Gasteiger partial charge in [-0.3, -0.25) is 9.69 Å². The third kappa shape index (κ3) is 4.84. The smallest absolute Gasteiger partial charge is 0.247 e. The Morgan fingerprint density at radius 1 is 1.04 bits per heavy atom. The first kappa shape index (κ1) is 18.4. The summed E-state index contributed by atoms with van der Waals surface area (Å²) in [6, 6.07) is 17.7. The molecular formula is C22H24N4O2. The number of carbonyl (C=O) groups excluding carboxylic acids is 1. The molecule has 1 N–H and O–H groups in total. The molecule has 28 heavy (non-hydrogen) atoms. The molecule has 144 valence electrons. The van der Waals surface area contributed by atoms with Crippen LogP contribution in [-0.4, -0.2) is 34.1 Å². The van der Waals surface area contributed by atoms with Gasteiger partial charge in [0.15, 0.2) is 0 Å². The van der Waals surface area contributed by atoms with Gasteiger partial charge < -0.3 is 9.73 Å². The normalized spacial score (nSPS) is 14.3. The molecule has 0 atom stereocenters. The van der Waals surface area contributed by atoms with Gasteiger partial charge in [0, 0.05) is 30.6 Å². The zero-order valence-electron chi connectivity index (χ0n) is 15.8. The van der Waals surface area contributed by atoms with Crippen molar-refractivity contribution < 1.29 is 9.21 Å². The number of likely N-dealkylation sites (tertiary alicyclic amines) is 1. The standard InChI is InChI=1S/C22H24N4O2/c27-20(11-12-21-24-25-22(28-21)18-8-2-1-3-9-18)23-19-10-6-7-17(15-19)16-26-13-4-5-14-26/h1-3,6-10,15H,4-5,11-14,16H2,(H,23,27). The Morgan fingerprint density at radius 2 is 1.86 bits per heavy atom. The summed E-state index contributed by atoms with van der Waals surface area (Å²) in [5.41, 5.74) is 2.93. The van der Waals surface area contributed by atoms with E-state index in [0.29, 0.717) is 24.6 Å². The van der Waals surface area contributed by atoms with Crippen LogP contribution in [-0.2, 0) is 17.8 Å². The Hall–Kier alpha value is -2.99. The number of aryl methyl sites for hydroxylation is 1. The molecule has 0 radical (unpaired) electrons. The van der Waals surface area contributed by atoms with Crippen LogP contribution in [0.4, 0.5) is 5.69 Å². The van der Waals surface area contributed by atoms with Gasteiger partial charge in [0.25, 0.3) is 0 Å². The predicted molar refractivity (Wildman–Crippen MR) is 108 cm³/mol. The van der Waals surface area contributed by atoms with Gasteiger partial charge in [-0.05, 0) is 55.8 Å². The van der Waals surface area contributed by atoms with Crippen LogP contribution in [0.3, 0.4) is 0 Å². The molecule has 1 aromatic heterocycles. The molecule has 1 amide bonds. The third-order valence-corrected chi connectivity index (χ3v) is 4.87. The number of amides is 1. The van der Waals surface area contributed by atoms with Crippen molar-refractivity contribution in [2.75, 3.05) is 18.4 Å². The molecule has 6 heteroatoms. The molecule has 4 rings (SSSR count). The summed E-state index contributed by atoms with van der Waals surface area (Å²) >= 11 is 0. The molecule has 0 aliphatic carbocycles. The van der Waals surface area contributed by atoms with E-state index >= 15 is 0 Å². The summed E-state index contributed by atoms with van der Waals surface area (Å²) in [5.74, 6) is 0.889. The Kier molecular flexibility index (Phi) is 5.77. The van der Waals surface area contributed by atoms with Gasteiger partial charge in [0.1, 0.15) is 0 Å². The topological polar surface area (TPSA) is 71.3 Å². The van der Waals surface area contributed by atoms with E-state index in [1.165, 1.54) is 18.4 Å². The lowest BCUT2D eigenvalue weighted by Gasteiger charge is -2.15. The largest absolute Gasteiger partial charge is 0.421 e. The SMILES string of the molecule is O=C(CCc1nnc(-c2ccccc2)o1)Nc1cccc(CN2CCCC2)c1. The van der Waals surface area contributed by atoms with Crippen LogP contribution >= 0.6 is 0 Å². The van der Waals surface area contributed by atoms with Gasteiger partial charge in [0.05, 0.1) is 0 Å². The summed E-state index contributed by atoms with van der Waals surface area (Å²) in [7, 11) is 0. The molecular weight excluding hydrogens is 352 g/mol. The number of nitrogens with one attached hydrogen (secondary N) is 1. The highest BCUT2D eigenvalue weighted by molar-refractivity contribution is 5.90. The maximum atomic E-state index is 12.3. The van der Waals surface area contributed by atoms with Crippen LogP contribution in [0.15, 0.2) is 59.0 Å². The molecule has 2 aromatic carbocycles. The van der Waals surface area contributed by atoms with Crippen LogP contribution in [0.2, 0.25) is 0 Å². The first-order chi connectivity index (χ1) is 13.8. The van der Waals surface area contributed by atoms with Crippen LogP contribution in [0.25, 0.3) is 11.5 Å². The number of rotatable bonds is 7. The highest BCUT2D eigenvalue weighted by Crippen LogP contribution is 2.18. The maximum Gasteiger partial charge on any atom is 0.247 e. The Balaban J connectivity index is 1.29. The Labute approximate surface area is 164 Å². The fraction of sp³-hybridized carbons (Fsp3) is 0.318. The second-order valence-electron chi connectivity index (χ2n) is 7.10. The van der Waals surface area contributed by atoms with Gasteiger partial charge in [-0.2, -0.15) is 0 Å². The first-order valence-corrected chi connectivity index (χ1v) is 9.75. The summed E-state index contributed by atoms with van der Waals surface area (Å²) in [4.78, 5) is 14.8. The monoisotopic (exact) mass is 376 g/mol. The second-order valence-corrected chi connectivity index (χ2v) is 7.10. The third-order valence-electron chi connectivity index (χ3n) is 4.87. The Bertz CT molecular complexity index is 917. The predicted octanol–water partition coefficient (Wildman–Crippen LogP) is 3.90. The zero-order valence-corrected chi connectivity index (χ0v) is 15.8. The van der Waals surface area contributed by atoms with Crippen molar-refractivity contribution in [2.24, 2.45) is 0 Å². The summed E-state index contributed by atoms with van der Waals surface area (Å²) in [6.45, 7) is 3.26. The number of hydrogen-bond donors (Lipinski definition) is 1. The van der Waals surface area contributed by atoms with Crippen LogP contribution in [0.5, 0.6) is 0 Å². The van der Waals surface area contributed by atoms with Crippen molar-refractivity contribution in [1.82, 2.24) is 15.1 Å². The minimum absolute atomic E-state index is 0.0576. The Morgan fingerprint density at radius 3 is 2.68 bits per heavy atom. The van der Waals surface area contributed by atoms with Crippen LogP contribution in [0, 0.1) is 0 Å². The number of anilines is 1. The van der Waals surface area contributed by atoms with Crippen molar-refractivity contribution in [2.45, 2.75) is 32.2 Å². The van der Waals surface area contributed by atoms with Gasteiger partial charge in [-0.1, -0.05) is 30.3 Å². The molecule has 1 aliphatic rings. The number of nitrogens with zero attached hydrogens (tertiary/aromatic N) is 3. The van der Waals surface area contributed by atoms with Crippen molar-refractivity contribution in [3.05, 3.63) is 66.1 Å². The molecule has 1 aliphatic heterocycles. The molecule has 2 heterocycles. The summed E-state index contributed by atoms with van der Waals surface area (Å²) < 4.78 is 5.66. The van der Waals surface area contributed by atoms with Gasteiger partial charge in [0.2, 0.25) is 17.7 Å². The van der Waals surface area contributed by atoms with Crippen molar-refractivity contribution in [3.63, 3.8) is 0 Å². The van der Waals surface area contributed by atoms with Crippen LogP contribution < -0.4 is 5.32 Å². The molecule has 0 bridgehead atoms. The average Bonchev–Trinajstić information content (AvgIpc) is 3.39. The number of hydrogen-bond acceptors (Lipinski definition) is 5. The number of carbonyl (C=O) groups is 1.